The molecule has 78 valence electrons. The lowest BCUT2D eigenvalue weighted by Crippen LogP contribution is -2.44. The second kappa shape index (κ2) is 5.04. The molecule has 1 saturated heterocycles. The van der Waals surface area contributed by atoms with Gasteiger partial charge in [0.25, 0.3) is 0 Å². The Balaban J connectivity index is 2.44. The Labute approximate surface area is 93.4 Å². The highest BCUT2D eigenvalue weighted by Crippen LogP contribution is 2.38. The third-order valence-corrected chi connectivity index (χ3v) is 2.69. The van der Waals surface area contributed by atoms with E-state index in [1.54, 1.807) is 0 Å². The third kappa shape index (κ3) is 3.45. The maximum absolute atomic E-state index is 6.00. The maximum atomic E-state index is 6.00. The molecule has 0 bridgehead atoms. The number of rotatable bonds is 3. The van der Waals surface area contributed by atoms with Gasteiger partial charge in [-0.3, -0.25) is 0 Å². The number of hydrogen-bond donors (Lipinski definition) is 0. The topological polar surface area (TPSA) is 18.5 Å². The summed E-state index contributed by atoms with van der Waals surface area (Å²) in [6.45, 7) is 3.05. The van der Waals surface area contributed by atoms with E-state index in [2.05, 4.69) is 0 Å². The van der Waals surface area contributed by atoms with Crippen molar-refractivity contribution in [3.05, 3.63) is 0 Å². The van der Waals surface area contributed by atoms with Gasteiger partial charge in [0.05, 0.1) is 12.0 Å². The van der Waals surface area contributed by atoms with Crippen LogP contribution in [0.25, 0.3) is 0 Å². The highest BCUT2D eigenvalue weighted by atomic mass is 35.5. The van der Waals surface area contributed by atoms with Crippen molar-refractivity contribution in [2.24, 2.45) is 0 Å². The Hall–Kier alpha value is 0.790. The molecule has 1 heterocycles. The summed E-state index contributed by atoms with van der Waals surface area (Å²) in [5, 5.41) is -0.128. The summed E-state index contributed by atoms with van der Waals surface area (Å²) in [5.41, 5.74) is 0. The van der Waals surface area contributed by atoms with Crippen molar-refractivity contribution in [2.75, 3.05) is 13.2 Å². The van der Waals surface area contributed by atoms with Crippen LogP contribution in [0.2, 0.25) is 0 Å². The first kappa shape index (κ1) is 11.9. The largest absolute Gasteiger partial charge is 0.350 e. The Morgan fingerprint density at radius 2 is 2.23 bits per heavy atom. The molecule has 0 radical (unpaired) electrons. The summed E-state index contributed by atoms with van der Waals surface area (Å²) < 4.78 is 9.63. The van der Waals surface area contributed by atoms with E-state index in [9.17, 15) is 0 Å². The average molecular weight is 248 g/mol. The van der Waals surface area contributed by atoms with Gasteiger partial charge in [-0.2, -0.15) is 0 Å². The number of halogens is 3. The van der Waals surface area contributed by atoms with Crippen molar-refractivity contribution in [1.82, 2.24) is 0 Å². The summed E-state index contributed by atoms with van der Waals surface area (Å²) >= 11 is 17.9. The predicted molar refractivity (Wildman–Crippen MR) is 54.7 cm³/mol. The summed E-state index contributed by atoms with van der Waals surface area (Å²) in [7, 11) is 0. The summed E-state index contributed by atoms with van der Waals surface area (Å²) in [5.74, 6) is 0. The van der Waals surface area contributed by atoms with Gasteiger partial charge < -0.3 is 9.47 Å². The van der Waals surface area contributed by atoms with E-state index in [4.69, 9.17) is 44.3 Å². The summed E-state index contributed by atoms with van der Waals surface area (Å²) in [6, 6.07) is 0. The molecule has 0 N–H and O–H groups in total. The van der Waals surface area contributed by atoms with Crippen LogP contribution in [-0.4, -0.2) is 29.2 Å². The molecule has 2 nitrogen and oxygen atoms in total. The van der Waals surface area contributed by atoms with E-state index in [-0.39, 0.29) is 5.38 Å². The zero-order chi connectivity index (χ0) is 9.90. The minimum Gasteiger partial charge on any atom is -0.350 e. The normalized spacial score (nSPS) is 33.2. The van der Waals surface area contributed by atoms with Crippen LogP contribution in [0, 0.1) is 0 Å². The van der Waals surface area contributed by atoms with Crippen LogP contribution in [0.5, 0.6) is 0 Å². The molecule has 1 fully saturated rings. The Kier molecular flexibility index (Phi) is 4.59. The zero-order valence-electron chi connectivity index (χ0n) is 7.43. The molecule has 0 amide bonds. The second-order valence-corrected chi connectivity index (χ2v) is 5.26. The lowest BCUT2D eigenvalue weighted by molar-refractivity contribution is -0.166. The smallest absolute Gasteiger partial charge is 0.190 e. The van der Waals surface area contributed by atoms with Gasteiger partial charge in [0.15, 0.2) is 10.6 Å². The van der Waals surface area contributed by atoms with Gasteiger partial charge in [-0.05, 0) is 6.42 Å². The monoisotopic (exact) mass is 246 g/mol. The average Bonchev–Trinajstić information content (AvgIpc) is 2.01. The van der Waals surface area contributed by atoms with Gasteiger partial charge in [-0.15, -0.1) is 11.6 Å². The Bertz CT molecular complexity index is 161. The molecule has 1 rings (SSSR count). The SMILES string of the molecule is CCCOC1OCC(Cl)CC1(Cl)Cl. The van der Waals surface area contributed by atoms with Crippen molar-refractivity contribution in [2.45, 2.75) is 35.8 Å². The van der Waals surface area contributed by atoms with E-state index in [1.165, 1.54) is 0 Å². The second-order valence-electron chi connectivity index (χ2n) is 3.10. The van der Waals surface area contributed by atoms with Gasteiger partial charge in [-0.25, -0.2) is 0 Å². The van der Waals surface area contributed by atoms with Gasteiger partial charge in [0.1, 0.15) is 0 Å². The molecule has 5 heteroatoms. The minimum absolute atomic E-state index is 0.128. The molecule has 0 aromatic carbocycles. The molecule has 1 aliphatic rings. The summed E-state index contributed by atoms with van der Waals surface area (Å²) in [4.78, 5) is 0. The molecule has 2 atom stereocenters. The van der Waals surface area contributed by atoms with Crippen LogP contribution in [0.3, 0.4) is 0 Å². The number of alkyl halides is 3. The van der Waals surface area contributed by atoms with E-state index >= 15 is 0 Å². The van der Waals surface area contributed by atoms with Crippen molar-refractivity contribution in [1.29, 1.82) is 0 Å². The van der Waals surface area contributed by atoms with Gasteiger partial charge in [-0.1, -0.05) is 30.1 Å². The first-order valence-corrected chi connectivity index (χ1v) is 5.50. The molecule has 0 saturated carbocycles. The first-order valence-electron chi connectivity index (χ1n) is 4.31. The highest BCUT2D eigenvalue weighted by molar-refractivity contribution is 6.49. The molecule has 1 aliphatic heterocycles. The minimum atomic E-state index is -1.01. The molecular weight excluding hydrogens is 234 g/mol. The number of hydrogen-bond acceptors (Lipinski definition) is 2. The molecule has 13 heavy (non-hydrogen) atoms. The van der Waals surface area contributed by atoms with Gasteiger partial charge >= 0.3 is 0 Å². The molecule has 0 aliphatic carbocycles. The predicted octanol–water partition coefficient (Wildman–Crippen LogP) is 2.94. The molecule has 0 aromatic rings. The van der Waals surface area contributed by atoms with Crippen molar-refractivity contribution in [3.63, 3.8) is 0 Å². The number of ether oxygens (including phenoxy) is 2. The van der Waals surface area contributed by atoms with E-state index in [0.717, 1.165) is 6.42 Å². The fourth-order valence-corrected chi connectivity index (χ4v) is 2.26. The first-order chi connectivity index (χ1) is 6.06. The molecule has 2 unspecified atom stereocenters. The van der Waals surface area contributed by atoms with E-state index < -0.39 is 10.6 Å². The van der Waals surface area contributed by atoms with Crippen LogP contribution < -0.4 is 0 Å². The fourth-order valence-electron chi connectivity index (χ4n) is 1.16. The lowest BCUT2D eigenvalue weighted by Gasteiger charge is -2.35. The summed E-state index contributed by atoms with van der Waals surface area (Å²) in [6.07, 6.45) is 0.853. The quantitative estimate of drug-likeness (QED) is 0.714. The fraction of sp³-hybridized carbons (Fsp3) is 1.00. The molecule has 0 spiro atoms. The van der Waals surface area contributed by atoms with Crippen molar-refractivity contribution < 1.29 is 9.47 Å². The maximum Gasteiger partial charge on any atom is 0.190 e. The van der Waals surface area contributed by atoms with Crippen molar-refractivity contribution >= 4 is 34.8 Å². The highest BCUT2D eigenvalue weighted by Gasteiger charge is 2.42. The lowest BCUT2D eigenvalue weighted by atomic mass is 10.2. The van der Waals surface area contributed by atoms with Crippen LogP contribution in [0.1, 0.15) is 19.8 Å². The zero-order valence-corrected chi connectivity index (χ0v) is 9.70. The molecular formula is C8H13Cl3O2. The Morgan fingerprint density at radius 3 is 2.77 bits per heavy atom. The third-order valence-electron chi connectivity index (χ3n) is 1.74. The van der Waals surface area contributed by atoms with Crippen LogP contribution in [-0.2, 0) is 9.47 Å². The van der Waals surface area contributed by atoms with Gasteiger partial charge in [0, 0.05) is 13.0 Å². The van der Waals surface area contributed by atoms with E-state index in [1.807, 2.05) is 6.92 Å². The van der Waals surface area contributed by atoms with Crippen LogP contribution in [0.4, 0.5) is 0 Å². The molecule has 0 aromatic heterocycles. The van der Waals surface area contributed by atoms with Crippen LogP contribution >= 0.6 is 34.8 Å². The van der Waals surface area contributed by atoms with Crippen LogP contribution in [0.15, 0.2) is 0 Å². The van der Waals surface area contributed by atoms with Gasteiger partial charge in [0.2, 0.25) is 0 Å². The van der Waals surface area contributed by atoms with E-state index in [0.29, 0.717) is 19.6 Å². The van der Waals surface area contributed by atoms with Crippen molar-refractivity contribution in [3.8, 4) is 0 Å². The standard InChI is InChI=1S/C8H13Cl3O2/c1-2-3-12-7-8(10,11)4-6(9)5-13-7/h6-7H,2-5H2,1H3. The Morgan fingerprint density at radius 1 is 1.54 bits per heavy atom.